The van der Waals surface area contributed by atoms with Crippen LogP contribution in [-0.4, -0.2) is 35.1 Å². The van der Waals surface area contributed by atoms with Crippen molar-refractivity contribution >= 4 is 23.2 Å². The highest BCUT2D eigenvalue weighted by molar-refractivity contribution is 7.09. The van der Waals surface area contributed by atoms with E-state index in [0.717, 1.165) is 32.4 Å². The van der Waals surface area contributed by atoms with Gasteiger partial charge in [-0.25, -0.2) is 9.78 Å². The van der Waals surface area contributed by atoms with Crippen LogP contribution in [0.2, 0.25) is 0 Å². The topological polar surface area (TPSA) is 91.3 Å². The molecule has 0 bridgehead atoms. The number of carbonyl (C=O) groups excluding carboxylic acids is 1. The summed E-state index contributed by atoms with van der Waals surface area (Å²) in [5.74, 6) is -0.388. The Balaban J connectivity index is 1.67. The van der Waals surface area contributed by atoms with Crippen LogP contribution in [0.25, 0.3) is 0 Å². The number of rotatable bonds is 6. The molecule has 1 aliphatic rings. The Hall–Kier alpha value is -1.47. The summed E-state index contributed by atoms with van der Waals surface area (Å²) in [5, 5.41) is 17.0. The Morgan fingerprint density at radius 1 is 1.45 bits per heavy atom. The Morgan fingerprint density at radius 2 is 2.20 bits per heavy atom. The zero-order valence-corrected chi connectivity index (χ0v) is 12.0. The predicted molar refractivity (Wildman–Crippen MR) is 75.7 cm³/mol. The number of carboxylic acid groups (broad SMARTS) is 1. The molecular formula is C13H19N3O3S. The Kier molecular flexibility index (Phi) is 5.49. The van der Waals surface area contributed by atoms with Crippen LogP contribution in [-0.2, 0) is 11.3 Å². The number of carboxylic acids is 1. The van der Waals surface area contributed by atoms with E-state index in [2.05, 4.69) is 15.6 Å². The second-order valence-electron chi connectivity index (χ2n) is 4.94. The zero-order chi connectivity index (χ0) is 14.4. The van der Waals surface area contributed by atoms with Gasteiger partial charge in [0.25, 0.3) is 0 Å². The molecule has 0 aliphatic carbocycles. The van der Waals surface area contributed by atoms with Gasteiger partial charge in [0.2, 0.25) is 5.91 Å². The summed E-state index contributed by atoms with van der Waals surface area (Å²) in [6, 6.07) is 0. The van der Waals surface area contributed by atoms with Crippen LogP contribution >= 0.6 is 11.3 Å². The van der Waals surface area contributed by atoms with Gasteiger partial charge in [0, 0.05) is 11.8 Å². The van der Waals surface area contributed by atoms with E-state index in [4.69, 9.17) is 5.11 Å². The summed E-state index contributed by atoms with van der Waals surface area (Å²) in [6.45, 7) is 2.40. The number of nitrogens with zero attached hydrogens (tertiary/aromatic N) is 1. The van der Waals surface area contributed by atoms with Crippen molar-refractivity contribution in [2.75, 3.05) is 13.1 Å². The fraction of sp³-hybridized carbons (Fsp3) is 0.615. The average molecular weight is 297 g/mol. The van der Waals surface area contributed by atoms with Crippen LogP contribution in [0.4, 0.5) is 0 Å². The summed E-state index contributed by atoms with van der Waals surface area (Å²) in [4.78, 5) is 26.3. The van der Waals surface area contributed by atoms with E-state index in [1.165, 1.54) is 16.7 Å². The summed E-state index contributed by atoms with van der Waals surface area (Å²) in [6.07, 6.45) is 3.73. The average Bonchev–Trinajstić information content (AvgIpc) is 2.93. The first-order valence-electron chi connectivity index (χ1n) is 6.80. The molecule has 1 fully saturated rings. The largest absolute Gasteiger partial charge is 0.476 e. The lowest BCUT2D eigenvalue weighted by Gasteiger charge is -2.22. The molecule has 0 spiro atoms. The minimum absolute atomic E-state index is 0.00982. The van der Waals surface area contributed by atoms with Gasteiger partial charge >= 0.3 is 5.97 Å². The van der Waals surface area contributed by atoms with Crippen molar-refractivity contribution in [1.29, 1.82) is 0 Å². The van der Waals surface area contributed by atoms with E-state index in [9.17, 15) is 9.59 Å². The number of aromatic nitrogens is 1. The van der Waals surface area contributed by atoms with Crippen molar-refractivity contribution < 1.29 is 14.7 Å². The fourth-order valence-electron chi connectivity index (χ4n) is 2.26. The third kappa shape index (κ3) is 4.57. The molecule has 0 unspecified atom stereocenters. The summed E-state index contributed by atoms with van der Waals surface area (Å²) >= 11 is 1.25. The Morgan fingerprint density at radius 3 is 2.85 bits per heavy atom. The minimum atomic E-state index is -1.04. The van der Waals surface area contributed by atoms with Gasteiger partial charge in [-0.2, -0.15) is 0 Å². The number of carbonyl (C=O) groups is 2. The third-order valence-electron chi connectivity index (χ3n) is 3.45. The quantitative estimate of drug-likeness (QED) is 0.735. The van der Waals surface area contributed by atoms with E-state index in [1.54, 1.807) is 0 Å². The van der Waals surface area contributed by atoms with Gasteiger partial charge in [0.15, 0.2) is 5.69 Å². The predicted octanol–water partition coefficient (Wildman–Crippen LogP) is 1.24. The molecule has 0 saturated carbocycles. The molecule has 1 aromatic rings. The number of thiazole rings is 1. The second-order valence-corrected chi connectivity index (χ2v) is 5.88. The van der Waals surface area contributed by atoms with Crippen LogP contribution in [0, 0.1) is 5.92 Å². The molecule has 2 rings (SSSR count). The van der Waals surface area contributed by atoms with E-state index < -0.39 is 5.97 Å². The molecule has 1 aliphatic heterocycles. The molecule has 7 heteroatoms. The molecule has 2 heterocycles. The van der Waals surface area contributed by atoms with Crippen LogP contribution in [0.5, 0.6) is 0 Å². The van der Waals surface area contributed by atoms with Gasteiger partial charge in [-0.3, -0.25) is 4.79 Å². The highest BCUT2D eigenvalue weighted by Gasteiger charge is 2.15. The zero-order valence-electron chi connectivity index (χ0n) is 11.2. The molecule has 0 radical (unpaired) electrons. The smallest absolute Gasteiger partial charge is 0.355 e. The lowest BCUT2D eigenvalue weighted by molar-refractivity contribution is -0.121. The van der Waals surface area contributed by atoms with Gasteiger partial charge in [-0.05, 0) is 38.3 Å². The van der Waals surface area contributed by atoms with Gasteiger partial charge in [0.05, 0.1) is 6.54 Å². The first kappa shape index (κ1) is 14.9. The van der Waals surface area contributed by atoms with Gasteiger partial charge < -0.3 is 15.7 Å². The number of nitrogens with one attached hydrogen (secondary N) is 2. The minimum Gasteiger partial charge on any atom is -0.476 e. The molecule has 110 valence electrons. The third-order valence-corrected chi connectivity index (χ3v) is 4.29. The molecule has 6 nitrogen and oxygen atoms in total. The first-order valence-corrected chi connectivity index (χ1v) is 7.68. The normalized spacial score (nSPS) is 16.0. The van der Waals surface area contributed by atoms with Crippen LogP contribution in [0.1, 0.15) is 41.2 Å². The molecule has 0 aromatic carbocycles. The molecule has 1 aromatic heterocycles. The number of hydrogen-bond acceptors (Lipinski definition) is 5. The number of aromatic carboxylic acids is 1. The first-order chi connectivity index (χ1) is 9.65. The fourth-order valence-corrected chi connectivity index (χ4v) is 2.97. The molecule has 20 heavy (non-hydrogen) atoms. The van der Waals surface area contributed by atoms with Crippen LogP contribution in [0.15, 0.2) is 5.38 Å². The summed E-state index contributed by atoms with van der Waals surface area (Å²) in [7, 11) is 0. The van der Waals surface area contributed by atoms with Crippen molar-refractivity contribution in [3.05, 3.63) is 16.1 Å². The Bertz CT molecular complexity index is 469. The van der Waals surface area contributed by atoms with E-state index in [-0.39, 0.29) is 11.6 Å². The Labute approximate surface area is 121 Å². The van der Waals surface area contributed by atoms with Gasteiger partial charge in [-0.1, -0.05) is 0 Å². The molecule has 0 atom stereocenters. The summed E-state index contributed by atoms with van der Waals surface area (Å²) < 4.78 is 0. The highest BCUT2D eigenvalue weighted by atomic mass is 32.1. The van der Waals surface area contributed by atoms with Crippen molar-refractivity contribution in [2.45, 2.75) is 32.2 Å². The maximum Gasteiger partial charge on any atom is 0.355 e. The van der Waals surface area contributed by atoms with E-state index >= 15 is 0 Å². The number of piperidine rings is 1. The lowest BCUT2D eigenvalue weighted by atomic mass is 9.93. The maximum absolute atomic E-state index is 11.7. The molecular weight excluding hydrogens is 278 g/mol. The highest BCUT2D eigenvalue weighted by Crippen LogP contribution is 2.17. The van der Waals surface area contributed by atoms with Gasteiger partial charge in [-0.15, -0.1) is 11.3 Å². The van der Waals surface area contributed by atoms with E-state index in [0.29, 0.717) is 23.9 Å². The maximum atomic E-state index is 11.7. The van der Waals surface area contributed by atoms with Crippen molar-refractivity contribution in [2.24, 2.45) is 5.92 Å². The van der Waals surface area contributed by atoms with Gasteiger partial charge in [0.1, 0.15) is 5.01 Å². The summed E-state index contributed by atoms with van der Waals surface area (Å²) in [5.41, 5.74) is 0.0361. The molecule has 1 saturated heterocycles. The second kappa shape index (κ2) is 7.35. The monoisotopic (exact) mass is 297 g/mol. The lowest BCUT2D eigenvalue weighted by Crippen LogP contribution is -2.29. The number of amides is 1. The van der Waals surface area contributed by atoms with Crippen molar-refractivity contribution in [3.8, 4) is 0 Å². The molecule has 1 amide bonds. The van der Waals surface area contributed by atoms with Crippen LogP contribution in [0.3, 0.4) is 0 Å². The van der Waals surface area contributed by atoms with Crippen molar-refractivity contribution in [3.63, 3.8) is 0 Å². The van der Waals surface area contributed by atoms with Crippen molar-refractivity contribution in [1.82, 2.24) is 15.6 Å². The van der Waals surface area contributed by atoms with Crippen LogP contribution < -0.4 is 10.6 Å². The number of hydrogen-bond donors (Lipinski definition) is 3. The van der Waals surface area contributed by atoms with E-state index in [1.807, 2.05) is 0 Å². The molecule has 3 N–H and O–H groups in total. The SMILES string of the molecule is O=C(CCC1CCNCC1)NCc1nc(C(=O)O)cs1. The standard InChI is InChI=1S/C13H19N3O3S/c17-11(2-1-9-3-5-14-6-4-9)15-7-12-16-10(8-20-12)13(18)19/h8-9,14H,1-7H2,(H,15,17)(H,18,19).